The maximum absolute atomic E-state index is 12.5. The molecular formula is C14H24N2O2. The average Bonchev–Trinajstić information content (AvgIpc) is 3.08. The van der Waals surface area contributed by atoms with Crippen LogP contribution in [-0.4, -0.2) is 34.8 Å². The van der Waals surface area contributed by atoms with Crippen LogP contribution in [0.15, 0.2) is 0 Å². The lowest BCUT2D eigenvalue weighted by Gasteiger charge is -2.45. The Bertz CT molecular complexity index is 361. The van der Waals surface area contributed by atoms with E-state index in [9.17, 15) is 9.59 Å². The Morgan fingerprint density at radius 1 is 1.39 bits per heavy atom. The quantitative estimate of drug-likeness (QED) is 0.825. The van der Waals surface area contributed by atoms with E-state index >= 15 is 0 Å². The highest BCUT2D eigenvalue weighted by atomic mass is 16.2. The minimum absolute atomic E-state index is 0.00889. The summed E-state index contributed by atoms with van der Waals surface area (Å²) in [7, 11) is 0. The van der Waals surface area contributed by atoms with Crippen molar-refractivity contribution in [2.45, 2.75) is 58.5 Å². The molecule has 1 heterocycles. The number of carbonyl (C=O) groups is 2. The minimum atomic E-state index is -0.754. The second kappa shape index (κ2) is 4.56. The lowest BCUT2D eigenvalue weighted by molar-refractivity contribution is -0.155. The molecule has 4 heteroatoms. The van der Waals surface area contributed by atoms with Crippen molar-refractivity contribution < 1.29 is 9.59 Å². The largest absolute Gasteiger partial charge is 0.340 e. The van der Waals surface area contributed by atoms with Gasteiger partial charge < -0.3 is 10.2 Å². The Labute approximate surface area is 109 Å². The van der Waals surface area contributed by atoms with Crippen LogP contribution in [0.25, 0.3) is 0 Å². The molecule has 0 spiro atoms. The van der Waals surface area contributed by atoms with Gasteiger partial charge in [-0.3, -0.25) is 9.59 Å². The van der Waals surface area contributed by atoms with Crippen molar-refractivity contribution in [2.75, 3.05) is 6.54 Å². The van der Waals surface area contributed by atoms with Gasteiger partial charge in [0.05, 0.1) is 0 Å². The van der Waals surface area contributed by atoms with Crippen molar-refractivity contribution in [3.05, 3.63) is 0 Å². The Morgan fingerprint density at radius 3 is 2.50 bits per heavy atom. The molecule has 18 heavy (non-hydrogen) atoms. The standard InChI is InChI=1S/C14H24N2O2/c1-5-9(2)11-12(17)15-14(3,4)13(18)16(11)8-10-6-7-10/h9-11H,5-8H2,1-4H3,(H,15,17). The predicted octanol–water partition coefficient (Wildman–Crippen LogP) is 1.55. The first kappa shape index (κ1) is 13.4. The molecule has 1 saturated heterocycles. The van der Waals surface area contributed by atoms with E-state index in [2.05, 4.69) is 19.2 Å². The summed E-state index contributed by atoms with van der Waals surface area (Å²) in [6, 6.07) is -0.281. The SMILES string of the molecule is CCC(C)C1C(=O)NC(C)(C)C(=O)N1CC1CC1. The van der Waals surface area contributed by atoms with Crippen molar-refractivity contribution in [1.82, 2.24) is 10.2 Å². The number of hydrogen-bond donors (Lipinski definition) is 1. The second-order valence-corrected chi connectivity index (χ2v) is 6.35. The maximum atomic E-state index is 12.5. The van der Waals surface area contributed by atoms with Gasteiger partial charge >= 0.3 is 0 Å². The van der Waals surface area contributed by atoms with Crippen molar-refractivity contribution >= 4 is 11.8 Å². The monoisotopic (exact) mass is 252 g/mol. The van der Waals surface area contributed by atoms with E-state index in [1.807, 2.05) is 4.90 Å². The highest BCUT2D eigenvalue weighted by Crippen LogP contribution is 2.33. The minimum Gasteiger partial charge on any atom is -0.340 e. The average molecular weight is 252 g/mol. The smallest absolute Gasteiger partial charge is 0.248 e. The molecule has 2 fully saturated rings. The summed E-state index contributed by atoms with van der Waals surface area (Å²) < 4.78 is 0. The maximum Gasteiger partial charge on any atom is 0.248 e. The molecule has 0 aromatic carbocycles. The van der Waals surface area contributed by atoms with Crippen molar-refractivity contribution in [3.63, 3.8) is 0 Å². The molecule has 2 rings (SSSR count). The molecule has 0 bridgehead atoms. The molecule has 2 amide bonds. The fourth-order valence-electron chi connectivity index (χ4n) is 2.63. The molecular weight excluding hydrogens is 228 g/mol. The molecule has 102 valence electrons. The molecule has 2 aliphatic rings. The number of hydrogen-bond acceptors (Lipinski definition) is 2. The number of rotatable bonds is 4. The van der Waals surface area contributed by atoms with Crippen molar-refractivity contribution in [2.24, 2.45) is 11.8 Å². The van der Waals surface area contributed by atoms with Gasteiger partial charge in [-0.1, -0.05) is 20.3 Å². The van der Waals surface area contributed by atoms with Crippen LogP contribution < -0.4 is 5.32 Å². The number of amides is 2. The summed E-state index contributed by atoms with van der Waals surface area (Å²) in [5.74, 6) is 0.903. The Balaban J connectivity index is 2.24. The van der Waals surface area contributed by atoms with Gasteiger partial charge in [-0.05, 0) is 38.5 Å². The molecule has 4 nitrogen and oxygen atoms in total. The molecule has 1 N–H and O–H groups in total. The molecule has 2 atom stereocenters. The first-order valence-electron chi connectivity index (χ1n) is 7.00. The lowest BCUT2D eigenvalue weighted by atomic mass is 9.89. The zero-order chi connectivity index (χ0) is 13.5. The zero-order valence-electron chi connectivity index (χ0n) is 11.8. The highest BCUT2D eigenvalue weighted by Gasteiger charge is 2.47. The van der Waals surface area contributed by atoms with E-state index in [0.717, 1.165) is 13.0 Å². The van der Waals surface area contributed by atoms with Crippen LogP contribution in [-0.2, 0) is 9.59 Å². The highest BCUT2D eigenvalue weighted by molar-refractivity contribution is 5.99. The number of nitrogens with one attached hydrogen (secondary N) is 1. The van der Waals surface area contributed by atoms with Gasteiger partial charge in [0.1, 0.15) is 11.6 Å². The van der Waals surface area contributed by atoms with Crippen LogP contribution in [0.3, 0.4) is 0 Å². The predicted molar refractivity (Wildman–Crippen MR) is 69.9 cm³/mol. The summed E-state index contributed by atoms with van der Waals surface area (Å²) in [5, 5.41) is 2.86. The van der Waals surface area contributed by atoms with E-state index in [1.165, 1.54) is 12.8 Å². The molecule has 1 saturated carbocycles. The van der Waals surface area contributed by atoms with Gasteiger partial charge in [-0.2, -0.15) is 0 Å². The van der Waals surface area contributed by atoms with E-state index in [4.69, 9.17) is 0 Å². The number of piperazine rings is 1. The van der Waals surface area contributed by atoms with Crippen LogP contribution in [0.5, 0.6) is 0 Å². The Hall–Kier alpha value is -1.06. The van der Waals surface area contributed by atoms with Crippen molar-refractivity contribution in [3.8, 4) is 0 Å². The normalized spacial score (nSPS) is 29.1. The second-order valence-electron chi connectivity index (χ2n) is 6.35. The van der Waals surface area contributed by atoms with E-state index < -0.39 is 5.54 Å². The first-order chi connectivity index (χ1) is 8.36. The summed E-state index contributed by atoms with van der Waals surface area (Å²) in [6.45, 7) is 8.46. The molecule has 1 aliphatic carbocycles. The van der Waals surface area contributed by atoms with Gasteiger partial charge in [0.25, 0.3) is 0 Å². The van der Waals surface area contributed by atoms with Gasteiger partial charge in [0.2, 0.25) is 11.8 Å². The lowest BCUT2D eigenvalue weighted by Crippen LogP contribution is -2.69. The molecule has 0 aromatic heterocycles. The van der Waals surface area contributed by atoms with E-state index in [1.54, 1.807) is 13.8 Å². The van der Waals surface area contributed by atoms with E-state index in [0.29, 0.717) is 5.92 Å². The van der Waals surface area contributed by atoms with Crippen LogP contribution in [0, 0.1) is 11.8 Å². The summed E-state index contributed by atoms with van der Waals surface area (Å²) in [5.41, 5.74) is -0.754. The van der Waals surface area contributed by atoms with Gasteiger partial charge in [-0.15, -0.1) is 0 Å². The molecule has 2 unspecified atom stereocenters. The summed E-state index contributed by atoms with van der Waals surface area (Å²) >= 11 is 0. The fourth-order valence-corrected chi connectivity index (χ4v) is 2.63. The molecule has 0 radical (unpaired) electrons. The topological polar surface area (TPSA) is 49.4 Å². The van der Waals surface area contributed by atoms with Crippen LogP contribution in [0.4, 0.5) is 0 Å². The Morgan fingerprint density at radius 2 is 2.00 bits per heavy atom. The number of nitrogens with zero attached hydrogens (tertiary/aromatic N) is 1. The third-order valence-corrected chi connectivity index (χ3v) is 4.17. The first-order valence-corrected chi connectivity index (χ1v) is 7.00. The summed E-state index contributed by atoms with van der Waals surface area (Å²) in [4.78, 5) is 26.6. The van der Waals surface area contributed by atoms with Gasteiger partial charge in [-0.25, -0.2) is 0 Å². The third-order valence-electron chi connectivity index (χ3n) is 4.17. The van der Waals surface area contributed by atoms with Crippen LogP contribution >= 0.6 is 0 Å². The zero-order valence-corrected chi connectivity index (χ0v) is 11.8. The third kappa shape index (κ3) is 2.38. The molecule has 0 aromatic rings. The van der Waals surface area contributed by atoms with Gasteiger partial charge in [0, 0.05) is 6.54 Å². The van der Waals surface area contributed by atoms with Gasteiger partial charge in [0.15, 0.2) is 0 Å². The van der Waals surface area contributed by atoms with Crippen molar-refractivity contribution in [1.29, 1.82) is 0 Å². The van der Waals surface area contributed by atoms with E-state index in [-0.39, 0.29) is 23.8 Å². The fraction of sp³-hybridized carbons (Fsp3) is 0.857. The summed E-state index contributed by atoms with van der Waals surface area (Å²) in [6.07, 6.45) is 3.30. The van der Waals surface area contributed by atoms with Crippen LogP contribution in [0.1, 0.15) is 47.0 Å². The molecule has 1 aliphatic heterocycles. The Kier molecular flexibility index (Phi) is 3.39. The number of carbonyl (C=O) groups excluding carboxylic acids is 2. The van der Waals surface area contributed by atoms with Crippen LogP contribution in [0.2, 0.25) is 0 Å².